The van der Waals surface area contributed by atoms with Crippen LogP contribution in [0.15, 0.2) is 24.3 Å². The van der Waals surface area contributed by atoms with E-state index in [4.69, 9.17) is 0 Å². The first-order valence-corrected chi connectivity index (χ1v) is 6.84. The zero-order valence-corrected chi connectivity index (χ0v) is 10.5. The number of hydrogen-bond acceptors (Lipinski definition) is 3. The van der Waals surface area contributed by atoms with E-state index in [1.807, 2.05) is 0 Å². The van der Waals surface area contributed by atoms with Gasteiger partial charge in [-0.25, -0.2) is 4.90 Å². The van der Waals surface area contributed by atoms with Gasteiger partial charge in [-0.1, -0.05) is 12.1 Å². The number of anilines is 1. The number of para-hydroxylation sites is 2. The van der Waals surface area contributed by atoms with Crippen LogP contribution in [0.3, 0.4) is 0 Å². The van der Waals surface area contributed by atoms with E-state index in [9.17, 15) is 14.7 Å². The molecule has 1 aromatic carbocycles. The van der Waals surface area contributed by atoms with Gasteiger partial charge in [-0.3, -0.25) is 9.59 Å². The molecule has 0 radical (unpaired) electrons. The van der Waals surface area contributed by atoms with E-state index in [0.717, 1.165) is 19.3 Å². The van der Waals surface area contributed by atoms with Crippen molar-refractivity contribution in [3.63, 3.8) is 0 Å². The quantitative estimate of drug-likeness (QED) is 0.782. The van der Waals surface area contributed by atoms with E-state index in [0.29, 0.717) is 17.5 Å². The lowest BCUT2D eigenvalue weighted by Crippen LogP contribution is -2.32. The van der Waals surface area contributed by atoms with E-state index in [-0.39, 0.29) is 29.4 Å². The molecule has 4 nitrogen and oxygen atoms in total. The van der Waals surface area contributed by atoms with E-state index < -0.39 is 0 Å². The summed E-state index contributed by atoms with van der Waals surface area (Å²) in [6.45, 7) is 0. The van der Waals surface area contributed by atoms with Crippen molar-refractivity contribution in [3.8, 4) is 5.75 Å². The topological polar surface area (TPSA) is 57.6 Å². The second kappa shape index (κ2) is 3.59. The molecule has 4 atom stereocenters. The molecular formula is C15H15NO3. The summed E-state index contributed by atoms with van der Waals surface area (Å²) in [6, 6.07) is 6.57. The Kier molecular flexibility index (Phi) is 2.08. The Bertz CT molecular complexity index is 555. The van der Waals surface area contributed by atoms with Crippen molar-refractivity contribution < 1.29 is 14.7 Å². The molecule has 1 saturated heterocycles. The Labute approximate surface area is 111 Å². The van der Waals surface area contributed by atoms with Crippen molar-refractivity contribution in [2.24, 2.45) is 23.7 Å². The summed E-state index contributed by atoms with van der Waals surface area (Å²) in [6.07, 6.45) is 3.17. The maximum Gasteiger partial charge on any atom is 0.238 e. The number of imide groups is 1. The highest BCUT2D eigenvalue weighted by atomic mass is 16.3. The second-order valence-electron chi connectivity index (χ2n) is 5.89. The fraction of sp³-hybridized carbons (Fsp3) is 0.467. The lowest BCUT2D eigenvalue weighted by atomic mass is 9.81. The highest BCUT2D eigenvalue weighted by Gasteiger charge is 2.61. The van der Waals surface area contributed by atoms with Crippen LogP contribution in [0.5, 0.6) is 5.75 Å². The van der Waals surface area contributed by atoms with Crippen LogP contribution in [-0.2, 0) is 9.59 Å². The SMILES string of the molecule is O=C1[C@@H]2[C@H]3CC[C@H](C3)[C@@H]2C(=O)N1c1ccccc1O. The van der Waals surface area contributed by atoms with Gasteiger partial charge < -0.3 is 5.11 Å². The number of amides is 2. The lowest BCUT2D eigenvalue weighted by Gasteiger charge is -2.19. The van der Waals surface area contributed by atoms with Crippen LogP contribution < -0.4 is 4.90 Å². The third-order valence-corrected chi connectivity index (χ3v) is 5.05. The first-order chi connectivity index (χ1) is 9.18. The minimum atomic E-state index is -0.133. The smallest absolute Gasteiger partial charge is 0.238 e. The molecule has 2 amide bonds. The molecule has 0 aromatic heterocycles. The number of carbonyl (C=O) groups is 2. The molecule has 2 aliphatic carbocycles. The molecule has 0 spiro atoms. The van der Waals surface area contributed by atoms with Crippen LogP contribution in [0.1, 0.15) is 19.3 Å². The highest BCUT2D eigenvalue weighted by Crippen LogP contribution is 2.57. The minimum Gasteiger partial charge on any atom is -0.506 e. The number of aromatic hydroxyl groups is 1. The largest absolute Gasteiger partial charge is 0.506 e. The summed E-state index contributed by atoms with van der Waals surface area (Å²) < 4.78 is 0. The van der Waals surface area contributed by atoms with Crippen molar-refractivity contribution in [3.05, 3.63) is 24.3 Å². The third kappa shape index (κ3) is 1.29. The average molecular weight is 257 g/mol. The molecule has 1 aromatic rings. The van der Waals surface area contributed by atoms with Gasteiger partial charge >= 0.3 is 0 Å². The molecule has 2 saturated carbocycles. The van der Waals surface area contributed by atoms with Gasteiger partial charge in [0.1, 0.15) is 5.75 Å². The fourth-order valence-electron chi connectivity index (χ4n) is 4.30. The van der Waals surface area contributed by atoms with Gasteiger partial charge in [-0.05, 0) is 43.2 Å². The van der Waals surface area contributed by atoms with Gasteiger partial charge in [0, 0.05) is 0 Å². The zero-order chi connectivity index (χ0) is 13.1. The van der Waals surface area contributed by atoms with Gasteiger partial charge in [0.15, 0.2) is 0 Å². The van der Waals surface area contributed by atoms with Crippen molar-refractivity contribution in [2.75, 3.05) is 4.90 Å². The van der Waals surface area contributed by atoms with Gasteiger partial charge in [-0.15, -0.1) is 0 Å². The van der Waals surface area contributed by atoms with Crippen molar-refractivity contribution in [1.82, 2.24) is 0 Å². The molecule has 4 rings (SSSR count). The number of fused-ring (bicyclic) bond motifs is 5. The highest BCUT2D eigenvalue weighted by molar-refractivity contribution is 6.23. The number of phenols is 1. The van der Waals surface area contributed by atoms with Crippen LogP contribution in [0.4, 0.5) is 5.69 Å². The Morgan fingerprint density at radius 2 is 1.58 bits per heavy atom. The molecule has 4 heteroatoms. The van der Waals surface area contributed by atoms with Crippen LogP contribution in [0.25, 0.3) is 0 Å². The number of rotatable bonds is 1. The Morgan fingerprint density at radius 3 is 2.16 bits per heavy atom. The Morgan fingerprint density at radius 1 is 1.00 bits per heavy atom. The Balaban J connectivity index is 1.78. The van der Waals surface area contributed by atoms with E-state index in [1.54, 1.807) is 18.2 Å². The first-order valence-electron chi connectivity index (χ1n) is 6.84. The number of benzene rings is 1. The van der Waals surface area contributed by atoms with Crippen molar-refractivity contribution in [1.29, 1.82) is 0 Å². The van der Waals surface area contributed by atoms with Crippen molar-refractivity contribution >= 4 is 17.5 Å². The fourth-order valence-corrected chi connectivity index (χ4v) is 4.30. The molecule has 1 N–H and O–H groups in total. The monoisotopic (exact) mass is 257 g/mol. The maximum atomic E-state index is 12.5. The molecule has 3 fully saturated rings. The van der Waals surface area contributed by atoms with Crippen LogP contribution in [0.2, 0.25) is 0 Å². The van der Waals surface area contributed by atoms with Crippen LogP contribution in [0, 0.1) is 23.7 Å². The average Bonchev–Trinajstić information content (AvgIpc) is 3.06. The maximum absolute atomic E-state index is 12.5. The minimum absolute atomic E-state index is 0.00322. The van der Waals surface area contributed by atoms with E-state index in [2.05, 4.69) is 0 Å². The molecule has 2 bridgehead atoms. The number of hydrogen-bond donors (Lipinski definition) is 1. The van der Waals surface area contributed by atoms with Gasteiger partial charge in [-0.2, -0.15) is 0 Å². The predicted molar refractivity (Wildman–Crippen MR) is 68.4 cm³/mol. The first kappa shape index (κ1) is 11.0. The molecule has 1 aliphatic heterocycles. The number of phenolic OH excluding ortho intramolecular Hbond substituents is 1. The second-order valence-corrected chi connectivity index (χ2v) is 5.89. The molecule has 98 valence electrons. The number of nitrogens with zero attached hydrogens (tertiary/aromatic N) is 1. The van der Waals surface area contributed by atoms with Gasteiger partial charge in [0.25, 0.3) is 0 Å². The molecule has 1 heterocycles. The normalized spacial score (nSPS) is 36.1. The van der Waals surface area contributed by atoms with Crippen LogP contribution in [-0.4, -0.2) is 16.9 Å². The Hall–Kier alpha value is -1.84. The van der Waals surface area contributed by atoms with E-state index in [1.165, 1.54) is 11.0 Å². The predicted octanol–water partition coefficient (Wildman–Crippen LogP) is 1.93. The third-order valence-electron chi connectivity index (χ3n) is 5.05. The molecule has 19 heavy (non-hydrogen) atoms. The summed E-state index contributed by atoms with van der Waals surface area (Å²) in [5.41, 5.74) is 0.339. The molecule has 0 unspecified atom stereocenters. The summed E-state index contributed by atoms with van der Waals surface area (Å²) in [4.78, 5) is 26.3. The van der Waals surface area contributed by atoms with Gasteiger partial charge in [0.2, 0.25) is 11.8 Å². The molecular weight excluding hydrogens is 242 g/mol. The zero-order valence-electron chi connectivity index (χ0n) is 10.5. The molecule has 3 aliphatic rings. The van der Waals surface area contributed by atoms with E-state index >= 15 is 0 Å². The summed E-state index contributed by atoms with van der Waals surface area (Å²) >= 11 is 0. The van der Waals surface area contributed by atoms with Crippen molar-refractivity contribution in [2.45, 2.75) is 19.3 Å². The lowest BCUT2D eigenvalue weighted by molar-refractivity contribution is -0.123. The summed E-state index contributed by atoms with van der Waals surface area (Å²) in [7, 11) is 0. The standard InChI is InChI=1S/C15H15NO3/c17-11-4-2-1-3-10(11)16-14(18)12-8-5-6-9(7-8)13(12)15(16)19/h1-4,8-9,12-13,17H,5-7H2/t8-,9+,12+,13-. The van der Waals surface area contributed by atoms with Crippen LogP contribution >= 0.6 is 0 Å². The van der Waals surface area contributed by atoms with Gasteiger partial charge in [0.05, 0.1) is 17.5 Å². The number of carbonyl (C=O) groups excluding carboxylic acids is 2. The summed E-state index contributed by atoms with van der Waals surface area (Å²) in [5.74, 6) is 0.269. The summed E-state index contributed by atoms with van der Waals surface area (Å²) in [5, 5.41) is 9.87.